The lowest BCUT2D eigenvalue weighted by Crippen LogP contribution is -2.39. The molecule has 7 heteroatoms. The average Bonchev–Trinajstić information content (AvgIpc) is 2.86. The molecule has 2 aromatic heterocycles. The van der Waals surface area contributed by atoms with Crippen molar-refractivity contribution in [3.8, 4) is 0 Å². The molecule has 0 aromatic carbocycles. The number of aromatic nitrogens is 3. The van der Waals surface area contributed by atoms with Gasteiger partial charge in [0.1, 0.15) is 0 Å². The van der Waals surface area contributed by atoms with Gasteiger partial charge in [-0.2, -0.15) is 0 Å². The second-order valence-corrected chi connectivity index (χ2v) is 7.64. The fourth-order valence-electron chi connectivity index (χ4n) is 3.53. The molecule has 130 valence electrons. The van der Waals surface area contributed by atoms with Crippen LogP contribution < -0.4 is 16.1 Å². The molecular formula is C17H23N3O3S. The third-order valence-electron chi connectivity index (χ3n) is 4.98. The van der Waals surface area contributed by atoms with Crippen LogP contribution in [-0.4, -0.2) is 13.7 Å². The first-order chi connectivity index (χ1) is 11.4. The van der Waals surface area contributed by atoms with Crippen LogP contribution >= 0.6 is 11.3 Å². The maximum atomic E-state index is 12.4. The van der Waals surface area contributed by atoms with Crippen molar-refractivity contribution < 1.29 is 0 Å². The molecule has 0 radical (unpaired) electrons. The van der Waals surface area contributed by atoms with E-state index in [9.17, 15) is 14.4 Å². The molecule has 1 aliphatic carbocycles. The van der Waals surface area contributed by atoms with E-state index in [4.69, 9.17) is 0 Å². The molecule has 1 atom stereocenters. The molecule has 3 rings (SSSR count). The zero-order chi connectivity index (χ0) is 17.4. The zero-order valence-corrected chi connectivity index (χ0v) is 15.2. The largest absolute Gasteiger partial charge is 0.330 e. The Morgan fingerprint density at radius 3 is 2.67 bits per heavy atom. The molecule has 2 aromatic rings. The molecule has 1 aliphatic rings. The van der Waals surface area contributed by atoms with Crippen molar-refractivity contribution in [3.63, 3.8) is 0 Å². The van der Waals surface area contributed by atoms with Crippen molar-refractivity contribution in [1.29, 1.82) is 0 Å². The van der Waals surface area contributed by atoms with Gasteiger partial charge < -0.3 is 0 Å². The van der Waals surface area contributed by atoms with Crippen molar-refractivity contribution in [2.45, 2.75) is 45.6 Å². The highest BCUT2D eigenvalue weighted by Gasteiger charge is 2.24. The molecule has 0 bridgehead atoms. The zero-order valence-electron chi connectivity index (χ0n) is 14.4. The minimum Gasteiger partial charge on any atom is -0.299 e. The van der Waals surface area contributed by atoms with Gasteiger partial charge in [0.05, 0.1) is 6.54 Å². The monoisotopic (exact) mass is 349 g/mol. The van der Waals surface area contributed by atoms with Crippen molar-refractivity contribution in [2.24, 2.45) is 20.0 Å². The number of hydrogen-bond acceptors (Lipinski definition) is 4. The Hall–Kier alpha value is -1.89. The SMILES string of the molecule is CCC[C@@H]1CCc2c(sc(=O)n2Cc2cc(=O)n(C)c(=O)n2C)C1. The van der Waals surface area contributed by atoms with Crippen LogP contribution in [-0.2, 0) is 33.5 Å². The van der Waals surface area contributed by atoms with Gasteiger partial charge in [-0.15, -0.1) is 0 Å². The van der Waals surface area contributed by atoms with Gasteiger partial charge in [0, 0.05) is 36.4 Å². The Morgan fingerprint density at radius 2 is 1.96 bits per heavy atom. The summed E-state index contributed by atoms with van der Waals surface area (Å²) in [5, 5.41) is 0. The lowest BCUT2D eigenvalue weighted by Gasteiger charge is -2.22. The van der Waals surface area contributed by atoms with Crippen LogP contribution in [0.25, 0.3) is 0 Å². The Balaban J connectivity index is 1.98. The summed E-state index contributed by atoms with van der Waals surface area (Å²) in [6.45, 7) is 2.48. The molecule has 2 heterocycles. The Kier molecular flexibility index (Phi) is 4.62. The standard InChI is InChI=1S/C17H23N3O3S/c1-4-5-11-6-7-13-14(8-11)24-17(23)20(13)10-12-9-15(21)19(3)16(22)18(12)2/h9,11H,4-8,10H2,1-3H3/t11-/m1/s1. The first kappa shape index (κ1) is 17.0. The number of nitrogens with zero attached hydrogens (tertiary/aromatic N) is 3. The van der Waals surface area contributed by atoms with Gasteiger partial charge in [-0.05, 0) is 25.2 Å². The number of hydrogen-bond donors (Lipinski definition) is 0. The van der Waals surface area contributed by atoms with E-state index in [1.807, 2.05) is 0 Å². The third-order valence-corrected chi connectivity index (χ3v) is 6.03. The molecule has 0 spiro atoms. The average molecular weight is 349 g/mol. The van der Waals surface area contributed by atoms with Crippen molar-refractivity contribution >= 4 is 11.3 Å². The van der Waals surface area contributed by atoms with E-state index >= 15 is 0 Å². The van der Waals surface area contributed by atoms with E-state index in [2.05, 4.69) is 6.92 Å². The Bertz CT molecular complexity index is 932. The van der Waals surface area contributed by atoms with Gasteiger partial charge in [-0.1, -0.05) is 31.1 Å². The van der Waals surface area contributed by atoms with Gasteiger partial charge in [0.15, 0.2) is 0 Å². The number of fused-ring (bicyclic) bond motifs is 1. The first-order valence-electron chi connectivity index (χ1n) is 8.39. The lowest BCUT2D eigenvalue weighted by molar-refractivity contribution is 0.416. The fourth-order valence-corrected chi connectivity index (χ4v) is 4.67. The van der Waals surface area contributed by atoms with E-state index in [0.29, 0.717) is 11.6 Å². The van der Waals surface area contributed by atoms with E-state index < -0.39 is 0 Å². The van der Waals surface area contributed by atoms with E-state index in [-0.39, 0.29) is 22.7 Å². The van der Waals surface area contributed by atoms with E-state index in [1.54, 1.807) is 11.6 Å². The van der Waals surface area contributed by atoms with Crippen LogP contribution in [0.1, 0.15) is 42.5 Å². The summed E-state index contributed by atoms with van der Waals surface area (Å²) in [7, 11) is 3.10. The molecule has 6 nitrogen and oxygen atoms in total. The van der Waals surface area contributed by atoms with Gasteiger partial charge in [-0.3, -0.25) is 23.3 Å². The summed E-state index contributed by atoms with van der Waals surface area (Å²) < 4.78 is 4.27. The van der Waals surface area contributed by atoms with Crippen LogP contribution in [0.4, 0.5) is 0 Å². The molecule has 0 saturated heterocycles. The maximum Gasteiger partial charge on any atom is 0.330 e. The smallest absolute Gasteiger partial charge is 0.299 e. The summed E-state index contributed by atoms with van der Waals surface area (Å²) in [6.07, 6.45) is 5.36. The van der Waals surface area contributed by atoms with Crippen molar-refractivity contribution in [3.05, 3.63) is 52.8 Å². The highest BCUT2D eigenvalue weighted by Crippen LogP contribution is 2.30. The van der Waals surface area contributed by atoms with Gasteiger partial charge >= 0.3 is 10.6 Å². The molecule has 0 unspecified atom stereocenters. The summed E-state index contributed by atoms with van der Waals surface area (Å²) in [4.78, 5) is 37.6. The highest BCUT2D eigenvalue weighted by molar-refractivity contribution is 7.09. The van der Waals surface area contributed by atoms with Gasteiger partial charge in [-0.25, -0.2) is 4.79 Å². The summed E-state index contributed by atoms with van der Waals surface area (Å²) in [6, 6.07) is 1.45. The van der Waals surface area contributed by atoms with Crippen molar-refractivity contribution in [2.75, 3.05) is 0 Å². The van der Waals surface area contributed by atoms with Crippen molar-refractivity contribution in [1.82, 2.24) is 13.7 Å². The molecule has 24 heavy (non-hydrogen) atoms. The van der Waals surface area contributed by atoms with Crippen LogP contribution in [0.3, 0.4) is 0 Å². The lowest BCUT2D eigenvalue weighted by atomic mass is 9.88. The predicted octanol–water partition coefficient (Wildman–Crippen LogP) is 1.26. The summed E-state index contributed by atoms with van der Waals surface area (Å²) >= 11 is 1.32. The minimum atomic E-state index is -0.363. The predicted molar refractivity (Wildman–Crippen MR) is 95.0 cm³/mol. The molecule has 0 fully saturated rings. The van der Waals surface area contributed by atoms with Gasteiger partial charge in [0.25, 0.3) is 5.56 Å². The van der Waals surface area contributed by atoms with Crippen LogP contribution in [0.5, 0.6) is 0 Å². The number of rotatable bonds is 4. The molecule has 0 N–H and O–H groups in total. The van der Waals surface area contributed by atoms with E-state index in [1.165, 1.54) is 46.7 Å². The normalized spacial score (nSPS) is 17.0. The molecule has 0 amide bonds. The van der Waals surface area contributed by atoms with Crippen LogP contribution in [0, 0.1) is 5.92 Å². The Morgan fingerprint density at radius 1 is 1.21 bits per heavy atom. The van der Waals surface area contributed by atoms with E-state index in [0.717, 1.165) is 29.5 Å². The topological polar surface area (TPSA) is 66.0 Å². The first-order valence-corrected chi connectivity index (χ1v) is 9.21. The molecule has 0 aliphatic heterocycles. The molecular weight excluding hydrogens is 326 g/mol. The molecule has 0 saturated carbocycles. The quantitative estimate of drug-likeness (QED) is 0.835. The summed E-state index contributed by atoms with van der Waals surface area (Å²) in [5.41, 5.74) is 0.956. The third kappa shape index (κ3) is 2.92. The number of thiazole rings is 1. The van der Waals surface area contributed by atoms with Crippen LogP contribution in [0.15, 0.2) is 20.4 Å². The second-order valence-electron chi connectivity index (χ2n) is 6.60. The summed E-state index contributed by atoms with van der Waals surface area (Å²) in [5.74, 6) is 0.669. The minimum absolute atomic E-state index is 0.00488. The Labute approximate surface area is 144 Å². The van der Waals surface area contributed by atoms with Crippen LogP contribution in [0.2, 0.25) is 0 Å². The fraction of sp³-hybridized carbons (Fsp3) is 0.588. The maximum absolute atomic E-state index is 12.4. The second kappa shape index (κ2) is 6.55. The van der Waals surface area contributed by atoms with Gasteiger partial charge in [0.2, 0.25) is 0 Å². The highest BCUT2D eigenvalue weighted by atomic mass is 32.1.